The summed E-state index contributed by atoms with van der Waals surface area (Å²) in [6, 6.07) is 4.13. The van der Waals surface area contributed by atoms with Gasteiger partial charge in [-0.1, -0.05) is 19.8 Å². The fourth-order valence-corrected chi connectivity index (χ4v) is 2.70. The van der Waals surface area contributed by atoms with Crippen LogP contribution in [-0.4, -0.2) is 22.5 Å². The standard InChI is InChI=1S/C14H18N2O4/c1-14(6-2-3-7-14)9-15-10-4-5-12(16(19)20)11(8-10)13(17)18/h4-5,8,15H,2-3,6-7,9H2,1H3,(H,17,18). The Labute approximate surface area is 117 Å². The van der Waals surface area contributed by atoms with Crippen LogP contribution in [0.3, 0.4) is 0 Å². The maximum atomic E-state index is 11.1. The molecule has 0 radical (unpaired) electrons. The maximum absolute atomic E-state index is 11.1. The molecule has 0 aromatic heterocycles. The Bertz CT molecular complexity index is 536. The molecule has 0 aliphatic heterocycles. The number of nitrogens with zero attached hydrogens (tertiary/aromatic N) is 1. The van der Waals surface area contributed by atoms with E-state index in [1.807, 2.05) is 0 Å². The zero-order valence-corrected chi connectivity index (χ0v) is 11.4. The Hall–Kier alpha value is -2.11. The molecule has 1 aliphatic carbocycles. The molecular formula is C14H18N2O4. The molecule has 0 atom stereocenters. The van der Waals surface area contributed by atoms with Gasteiger partial charge in [-0.15, -0.1) is 0 Å². The predicted octanol–water partition coefficient (Wildman–Crippen LogP) is 3.29. The Kier molecular flexibility index (Phi) is 3.92. The van der Waals surface area contributed by atoms with Gasteiger partial charge in [0.05, 0.1) is 4.92 Å². The SMILES string of the molecule is CC1(CNc2ccc([N+](=O)[O-])c(C(=O)O)c2)CCCC1. The number of carboxylic acid groups (broad SMARTS) is 1. The van der Waals surface area contributed by atoms with Gasteiger partial charge in [0, 0.05) is 18.3 Å². The molecule has 2 N–H and O–H groups in total. The second-order valence-corrected chi connectivity index (χ2v) is 5.67. The average Bonchev–Trinajstić information content (AvgIpc) is 2.83. The first-order chi connectivity index (χ1) is 9.41. The van der Waals surface area contributed by atoms with Crippen molar-refractivity contribution < 1.29 is 14.8 Å². The summed E-state index contributed by atoms with van der Waals surface area (Å²) in [4.78, 5) is 21.2. The van der Waals surface area contributed by atoms with Crippen molar-refractivity contribution in [3.8, 4) is 0 Å². The van der Waals surface area contributed by atoms with E-state index in [0.29, 0.717) is 5.69 Å². The van der Waals surface area contributed by atoms with E-state index in [1.54, 1.807) is 6.07 Å². The van der Waals surface area contributed by atoms with Gasteiger partial charge in [-0.2, -0.15) is 0 Å². The van der Waals surface area contributed by atoms with E-state index < -0.39 is 10.9 Å². The Morgan fingerprint density at radius 1 is 1.45 bits per heavy atom. The highest BCUT2D eigenvalue weighted by atomic mass is 16.6. The number of hydrogen-bond acceptors (Lipinski definition) is 4. The largest absolute Gasteiger partial charge is 0.477 e. The molecule has 1 aromatic rings. The van der Waals surface area contributed by atoms with Crippen LogP contribution in [-0.2, 0) is 0 Å². The summed E-state index contributed by atoms with van der Waals surface area (Å²) in [5.74, 6) is -1.28. The van der Waals surface area contributed by atoms with E-state index in [1.165, 1.54) is 25.0 Å². The van der Waals surface area contributed by atoms with Gasteiger partial charge in [-0.05, 0) is 30.4 Å². The number of anilines is 1. The van der Waals surface area contributed by atoms with Crippen molar-refractivity contribution >= 4 is 17.3 Å². The molecule has 0 spiro atoms. The third-order valence-corrected chi connectivity index (χ3v) is 3.95. The van der Waals surface area contributed by atoms with Gasteiger partial charge in [0.2, 0.25) is 0 Å². The van der Waals surface area contributed by atoms with Crippen LogP contribution in [0.1, 0.15) is 43.0 Å². The lowest BCUT2D eigenvalue weighted by molar-refractivity contribution is -0.385. The molecule has 1 aliphatic rings. The van der Waals surface area contributed by atoms with Crippen LogP contribution in [0.15, 0.2) is 18.2 Å². The van der Waals surface area contributed by atoms with E-state index in [2.05, 4.69) is 12.2 Å². The van der Waals surface area contributed by atoms with E-state index in [4.69, 9.17) is 5.11 Å². The number of benzene rings is 1. The molecule has 108 valence electrons. The highest BCUT2D eigenvalue weighted by Crippen LogP contribution is 2.37. The van der Waals surface area contributed by atoms with Crippen LogP contribution in [0.5, 0.6) is 0 Å². The lowest BCUT2D eigenvalue weighted by atomic mass is 9.89. The minimum atomic E-state index is -1.28. The molecule has 6 heteroatoms. The molecule has 0 amide bonds. The number of carboxylic acids is 1. The number of hydrogen-bond donors (Lipinski definition) is 2. The first-order valence-corrected chi connectivity index (χ1v) is 6.67. The summed E-state index contributed by atoms with van der Waals surface area (Å²) in [5.41, 5.74) is 0.179. The summed E-state index contributed by atoms with van der Waals surface area (Å²) >= 11 is 0. The third kappa shape index (κ3) is 3.07. The molecule has 0 heterocycles. The van der Waals surface area contributed by atoms with Crippen LogP contribution in [0.2, 0.25) is 0 Å². The van der Waals surface area contributed by atoms with Gasteiger partial charge in [0.25, 0.3) is 5.69 Å². The molecule has 0 bridgehead atoms. The smallest absolute Gasteiger partial charge is 0.342 e. The number of nitrogens with one attached hydrogen (secondary N) is 1. The fourth-order valence-electron chi connectivity index (χ4n) is 2.70. The molecule has 1 aromatic carbocycles. The second-order valence-electron chi connectivity index (χ2n) is 5.67. The van der Waals surface area contributed by atoms with E-state index in [9.17, 15) is 14.9 Å². The monoisotopic (exact) mass is 278 g/mol. The van der Waals surface area contributed by atoms with Gasteiger partial charge in [-0.3, -0.25) is 10.1 Å². The van der Waals surface area contributed by atoms with Crippen LogP contribution >= 0.6 is 0 Å². The molecule has 1 fully saturated rings. The van der Waals surface area contributed by atoms with Crippen LogP contribution < -0.4 is 5.32 Å². The molecule has 6 nitrogen and oxygen atoms in total. The van der Waals surface area contributed by atoms with Crippen molar-refractivity contribution in [3.05, 3.63) is 33.9 Å². The summed E-state index contributed by atoms with van der Waals surface area (Å²) in [6.45, 7) is 2.96. The van der Waals surface area contributed by atoms with Crippen LogP contribution in [0.4, 0.5) is 11.4 Å². The van der Waals surface area contributed by atoms with Crippen LogP contribution in [0, 0.1) is 15.5 Å². The first-order valence-electron chi connectivity index (χ1n) is 6.67. The zero-order valence-electron chi connectivity index (χ0n) is 11.4. The van der Waals surface area contributed by atoms with Crippen molar-refractivity contribution in [2.45, 2.75) is 32.6 Å². The molecule has 1 saturated carbocycles. The van der Waals surface area contributed by atoms with Crippen LogP contribution in [0.25, 0.3) is 0 Å². The van der Waals surface area contributed by atoms with Crippen molar-refractivity contribution in [3.63, 3.8) is 0 Å². The number of carbonyl (C=O) groups is 1. The van der Waals surface area contributed by atoms with Crippen molar-refractivity contribution in [1.82, 2.24) is 0 Å². The predicted molar refractivity (Wildman–Crippen MR) is 75.1 cm³/mol. The number of aromatic carboxylic acids is 1. The summed E-state index contributed by atoms with van der Waals surface area (Å²) in [7, 11) is 0. The average molecular weight is 278 g/mol. The topological polar surface area (TPSA) is 92.5 Å². The second kappa shape index (κ2) is 5.48. The van der Waals surface area contributed by atoms with E-state index >= 15 is 0 Å². The summed E-state index contributed by atoms with van der Waals surface area (Å²) in [6.07, 6.45) is 4.75. The van der Waals surface area contributed by atoms with Crippen molar-refractivity contribution in [2.24, 2.45) is 5.41 Å². The Morgan fingerprint density at radius 2 is 2.10 bits per heavy atom. The van der Waals surface area contributed by atoms with Gasteiger partial charge < -0.3 is 10.4 Å². The van der Waals surface area contributed by atoms with Gasteiger partial charge >= 0.3 is 5.97 Å². The lowest BCUT2D eigenvalue weighted by Gasteiger charge is -2.24. The van der Waals surface area contributed by atoms with Gasteiger partial charge in [0.15, 0.2) is 0 Å². The molecule has 20 heavy (non-hydrogen) atoms. The zero-order chi connectivity index (χ0) is 14.8. The quantitative estimate of drug-likeness (QED) is 0.637. The third-order valence-electron chi connectivity index (χ3n) is 3.95. The minimum absolute atomic E-state index is 0.227. The fraction of sp³-hybridized carbons (Fsp3) is 0.500. The van der Waals surface area contributed by atoms with Gasteiger partial charge in [-0.25, -0.2) is 4.79 Å². The highest BCUT2D eigenvalue weighted by Gasteiger charge is 2.28. The Morgan fingerprint density at radius 3 is 2.65 bits per heavy atom. The maximum Gasteiger partial charge on any atom is 0.342 e. The molecule has 0 saturated heterocycles. The first kappa shape index (κ1) is 14.3. The summed E-state index contributed by atoms with van der Waals surface area (Å²) in [5, 5.41) is 23.0. The number of rotatable bonds is 5. The minimum Gasteiger partial charge on any atom is -0.477 e. The number of nitro benzene ring substituents is 1. The lowest BCUT2D eigenvalue weighted by Crippen LogP contribution is -2.23. The van der Waals surface area contributed by atoms with Gasteiger partial charge in [0.1, 0.15) is 5.56 Å². The molecule has 0 unspecified atom stereocenters. The van der Waals surface area contributed by atoms with Crippen molar-refractivity contribution in [2.75, 3.05) is 11.9 Å². The molecular weight excluding hydrogens is 260 g/mol. The number of nitro groups is 1. The van der Waals surface area contributed by atoms with E-state index in [-0.39, 0.29) is 16.7 Å². The van der Waals surface area contributed by atoms with Crippen molar-refractivity contribution in [1.29, 1.82) is 0 Å². The van der Waals surface area contributed by atoms with E-state index in [0.717, 1.165) is 19.4 Å². The molecule has 2 rings (SSSR count). The summed E-state index contributed by atoms with van der Waals surface area (Å²) < 4.78 is 0. The highest BCUT2D eigenvalue weighted by molar-refractivity contribution is 5.93. The normalized spacial score (nSPS) is 16.9. The Balaban J connectivity index is 2.15.